The molecule has 0 aromatic carbocycles. The van der Waals surface area contributed by atoms with Gasteiger partial charge in [0.25, 0.3) is 0 Å². The van der Waals surface area contributed by atoms with Crippen molar-refractivity contribution in [3.05, 3.63) is 0 Å². The summed E-state index contributed by atoms with van der Waals surface area (Å²) in [6, 6.07) is 1.09. The molecule has 1 aliphatic carbocycles. The van der Waals surface area contributed by atoms with E-state index in [-0.39, 0.29) is 0 Å². The highest BCUT2D eigenvalue weighted by Crippen LogP contribution is 2.31. The fraction of sp³-hybridized carbons (Fsp3) is 1.00. The lowest BCUT2D eigenvalue weighted by Gasteiger charge is -2.38. The van der Waals surface area contributed by atoms with E-state index in [9.17, 15) is 0 Å². The molecule has 16 heavy (non-hydrogen) atoms. The fourth-order valence-electron chi connectivity index (χ4n) is 2.97. The van der Waals surface area contributed by atoms with Crippen LogP contribution in [-0.2, 0) is 0 Å². The van der Waals surface area contributed by atoms with Crippen LogP contribution in [0.2, 0.25) is 0 Å². The molecule has 96 valence electrons. The van der Waals surface area contributed by atoms with E-state index < -0.39 is 0 Å². The topological polar surface area (TPSA) is 29.3 Å². The van der Waals surface area contributed by atoms with Crippen LogP contribution >= 0.6 is 0 Å². The predicted molar refractivity (Wildman–Crippen MR) is 71.5 cm³/mol. The van der Waals surface area contributed by atoms with Crippen LogP contribution in [0, 0.1) is 11.8 Å². The molecule has 3 unspecified atom stereocenters. The van der Waals surface area contributed by atoms with Crippen LogP contribution in [0.5, 0.6) is 0 Å². The third kappa shape index (κ3) is 3.74. The second-order valence-electron chi connectivity index (χ2n) is 5.69. The lowest BCUT2D eigenvalue weighted by Crippen LogP contribution is -2.45. The molecule has 0 aliphatic heterocycles. The second kappa shape index (κ2) is 6.61. The minimum absolute atomic E-state index is 0.440. The highest BCUT2D eigenvalue weighted by Gasteiger charge is 2.28. The van der Waals surface area contributed by atoms with Crippen LogP contribution in [0.1, 0.15) is 53.4 Å². The van der Waals surface area contributed by atoms with E-state index in [1.807, 2.05) is 0 Å². The van der Waals surface area contributed by atoms with Crippen molar-refractivity contribution < 1.29 is 0 Å². The maximum atomic E-state index is 6.27. The van der Waals surface area contributed by atoms with Gasteiger partial charge in [-0.25, -0.2) is 0 Å². The lowest BCUT2D eigenvalue weighted by atomic mass is 9.77. The van der Waals surface area contributed by atoms with Gasteiger partial charge in [-0.1, -0.05) is 20.3 Å². The Morgan fingerprint density at radius 2 is 1.94 bits per heavy atom. The van der Waals surface area contributed by atoms with E-state index in [1.165, 1.54) is 32.2 Å². The highest BCUT2D eigenvalue weighted by atomic mass is 15.1. The molecule has 1 rings (SSSR count). The smallest absolute Gasteiger partial charge is 0.00795 e. The minimum atomic E-state index is 0.440. The predicted octanol–water partition coefficient (Wildman–Crippen LogP) is 2.87. The van der Waals surface area contributed by atoms with E-state index >= 15 is 0 Å². The zero-order chi connectivity index (χ0) is 12.1. The molecular weight excluding hydrogens is 196 g/mol. The second-order valence-corrected chi connectivity index (χ2v) is 5.69. The molecule has 2 N–H and O–H groups in total. The third-order valence-electron chi connectivity index (χ3n) is 4.33. The van der Waals surface area contributed by atoms with E-state index in [2.05, 4.69) is 32.6 Å². The Morgan fingerprint density at radius 3 is 2.44 bits per heavy atom. The molecule has 2 heteroatoms. The largest absolute Gasteiger partial charge is 0.327 e. The Balaban J connectivity index is 2.49. The summed E-state index contributed by atoms with van der Waals surface area (Å²) >= 11 is 0. The average molecular weight is 226 g/mol. The molecule has 0 heterocycles. The highest BCUT2D eigenvalue weighted by molar-refractivity contribution is 4.84. The van der Waals surface area contributed by atoms with Gasteiger partial charge in [0, 0.05) is 18.6 Å². The first-order valence-electron chi connectivity index (χ1n) is 7.08. The third-order valence-corrected chi connectivity index (χ3v) is 4.33. The van der Waals surface area contributed by atoms with Crippen molar-refractivity contribution in [3.8, 4) is 0 Å². The SMILES string of the molecule is CCC1CCC(N)C(CN(CC)C(C)C)C1. The quantitative estimate of drug-likeness (QED) is 0.781. The van der Waals surface area contributed by atoms with Crippen LogP contribution in [0.3, 0.4) is 0 Å². The van der Waals surface area contributed by atoms with E-state index in [0.29, 0.717) is 12.1 Å². The van der Waals surface area contributed by atoms with Gasteiger partial charge in [-0.15, -0.1) is 0 Å². The molecule has 0 aromatic heterocycles. The van der Waals surface area contributed by atoms with Crippen molar-refractivity contribution >= 4 is 0 Å². The van der Waals surface area contributed by atoms with E-state index in [1.54, 1.807) is 0 Å². The molecule has 0 spiro atoms. The number of hydrogen-bond acceptors (Lipinski definition) is 2. The van der Waals surface area contributed by atoms with Crippen LogP contribution in [0.25, 0.3) is 0 Å². The molecule has 0 saturated heterocycles. The average Bonchev–Trinajstić information content (AvgIpc) is 2.27. The zero-order valence-corrected chi connectivity index (χ0v) is 11.6. The van der Waals surface area contributed by atoms with Gasteiger partial charge in [-0.2, -0.15) is 0 Å². The fourth-order valence-corrected chi connectivity index (χ4v) is 2.97. The van der Waals surface area contributed by atoms with Gasteiger partial charge >= 0.3 is 0 Å². The summed E-state index contributed by atoms with van der Waals surface area (Å²) in [7, 11) is 0. The van der Waals surface area contributed by atoms with E-state index in [0.717, 1.165) is 18.4 Å². The van der Waals surface area contributed by atoms with Crippen molar-refractivity contribution in [3.63, 3.8) is 0 Å². The van der Waals surface area contributed by atoms with Crippen molar-refractivity contribution in [2.24, 2.45) is 17.6 Å². The lowest BCUT2D eigenvalue weighted by molar-refractivity contribution is 0.136. The van der Waals surface area contributed by atoms with Crippen LogP contribution in [0.15, 0.2) is 0 Å². The Bertz CT molecular complexity index is 191. The summed E-state index contributed by atoms with van der Waals surface area (Å²) in [5.74, 6) is 1.65. The van der Waals surface area contributed by atoms with Gasteiger partial charge < -0.3 is 10.6 Å². The summed E-state index contributed by atoms with van der Waals surface area (Å²) in [6.07, 6.45) is 5.26. The molecule has 0 amide bonds. The molecule has 1 saturated carbocycles. The Morgan fingerprint density at radius 1 is 1.25 bits per heavy atom. The van der Waals surface area contributed by atoms with Gasteiger partial charge in [0.05, 0.1) is 0 Å². The Hall–Kier alpha value is -0.0800. The summed E-state index contributed by atoms with van der Waals surface area (Å²) in [6.45, 7) is 11.5. The maximum Gasteiger partial charge on any atom is 0.00795 e. The molecule has 1 aliphatic rings. The number of nitrogens with two attached hydrogens (primary N) is 1. The summed E-state index contributed by atoms with van der Waals surface area (Å²) in [5, 5.41) is 0. The standard InChI is InChI=1S/C14H30N2/c1-5-12-7-8-14(15)13(9-12)10-16(6-2)11(3)4/h11-14H,5-10,15H2,1-4H3. The maximum absolute atomic E-state index is 6.27. The minimum Gasteiger partial charge on any atom is -0.327 e. The molecule has 1 fully saturated rings. The molecule has 3 atom stereocenters. The summed E-state index contributed by atoms with van der Waals surface area (Å²) < 4.78 is 0. The van der Waals surface area contributed by atoms with Gasteiger partial charge in [-0.3, -0.25) is 0 Å². The number of nitrogens with zero attached hydrogens (tertiary/aromatic N) is 1. The van der Waals surface area contributed by atoms with Crippen molar-refractivity contribution in [2.75, 3.05) is 13.1 Å². The summed E-state index contributed by atoms with van der Waals surface area (Å²) in [4.78, 5) is 2.56. The number of rotatable bonds is 5. The first-order chi connectivity index (χ1) is 7.58. The van der Waals surface area contributed by atoms with Gasteiger partial charge in [0.15, 0.2) is 0 Å². The van der Waals surface area contributed by atoms with Crippen molar-refractivity contribution in [1.29, 1.82) is 0 Å². The zero-order valence-electron chi connectivity index (χ0n) is 11.6. The van der Waals surface area contributed by atoms with Crippen molar-refractivity contribution in [1.82, 2.24) is 4.90 Å². The molecule has 2 nitrogen and oxygen atoms in total. The van der Waals surface area contributed by atoms with Gasteiger partial charge in [0.1, 0.15) is 0 Å². The van der Waals surface area contributed by atoms with Crippen LogP contribution in [0.4, 0.5) is 0 Å². The van der Waals surface area contributed by atoms with E-state index in [4.69, 9.17) is 5.73 Å². The normalized spacial score (nSPS) is 31.3. The molecular formula is C14H30N2. The van der Waals surface area contributed by atoms with Gasteiger partial charge in [0.2, 0.25) is 0 Å². The first-order valence-corrected chi connectivity index (χ1v) is 7.08. The molecule has 0 bridgehead atoms. The summed E-state index contributed by atoms with van der Waals surface area (Å²) in [5.41, 5.74) is 6.27. The van der Waals surface area contributed by atoms with Crippen molar-refractivity contribution in [2.45, 2.75) is 65.5 Å². The van der Waals surface area contributed by atoms with Gasteiger partial charge in [-0.05, 0) is 51.5 Å². The Labute approximate surface area is 102 Å². The first kappa shape index (κ1) is 14.0. The van der Waals surface area contributed by atoms with Crippen LogP contribution in [-0.4, -0.2) is 30.1 Å². The number of hydrogen-bond donors (Lipinski definition) is 1. The molecule has 0 radical (unpaired) electrons. The molecule has 0 aromatic rings. The van der Waals surface area contributed by atoms with Crippen LogP contribution < -0.4 is 5.73 Å². The Kier molecular flexibility index (Phi) is 5.77. The monoisotopic (exact) mass is 226 g/mol.